The molecule has 2 N–H and O–H groups in total. The second-order valence-electron chi connectivity index (χ2n) is 12.4. The number of rotatable bonds is 7. The normalized spacial score (nSPS) is 23.3. The number of nitrogens with zero attached hydrogens (tertiary/aromatic N) is 5. The van der Waals surface area contributed by atoms with Gasteiger partial charge in [-0.25, -0.2) is 9.97 Å². The van der Waals surface area contributed by atoms with Crippen LogP contribution in [0, 0.1) is 11.8 Å². The maximum Gasteiger partial charge on any atom is 0.306 e. The summed E-state index contributed by atoms with van der Waals surface area (Å²) in [6.07, 6.45) is 10.5. The minimum Gasteiger partial charge on any atom is -0.481 e. The van der Waals surface area contributed by atoms with Gasteiger partial charge in [0.15, 0.2) is 5.13 Å². The van der Waals surface area contributed by atoms with Crippen molar-refractivity contribution in [2.45, 2.75) is 63.5 Å². The van der Waals surface area contributed by atoms with Crippen molar-refractivity contribution in [3.63, 3.8) is 0 Å². The van der Waals surface area contributed by atoms with E-state index in [4.69, 9.17) is 28.2 Å². The summed E-state index contributed by atoms with van der Waals surface area (Å²) < 4.78 is 0. The smallest absolute Gasteiger partial charge is 0.306 e. The molecule has 9 nitrogen and oxygen atoms in total. The molecule has 0 aromatic carbocycles. The maximum atomic E-state index is 13.4. The second-order valence-corrected chi connectivity index (χ2v) is 15.2. The molecule has 3 saturated heterocycles. The molecule has 234 valence electrons. The van der Waals surface area contributed by atoms with Crippen molar-refractivity contribution in [3.05, 3.63) is 39.3 Å². The van der Waals surface area contributed by atoms with Gasteiger partial charge in [-0.1, -0.05) is 53.8 Å². The Labute approximate surface area is 275 Å². The first-order valence-electron chi connectivity index (χ1n) is 15.5. The minimum absolute atomic E-state index is 0.324. The number of hydrogen-bond donors (Lipinski definition) is 2. The van der Waals surface area contributed by atoms with Crippen molar-refractivity contribution in [3.8, 4) is 10.6 Å². The van der Waals surface area contributed by atoms with E-state index in [1.165, 1.54) is 62.6 Å². The van der Waals surface area contributed by atoms with Crippen LogP contribution in [0.5, 0.6) is 0 Å². The van der Waals surface area contributed by atoms with Crippen molar-refractivity contribution >= 4 is 73.7 Å². The van der Waals surface area contributed by atoms with Gasteiger partial charge >= 0.3 is 5.97 Å². The molecule has 4 aliphatic rings. The van der Waals surface area contributed by atoms with E-state index in [2.05, 4.69) is 20.1 Å². The molecule has 13 heteroatoms. The molecule has 3 aliphatic heterocycles. The van der Waals surface area contributed by atoms with Crippen LogP contribution in [-0.2, 0) is 4.79 Å². The Morgan fingerprint density at radius 2 is 1.80 bits per heavy atom. The highest BCUT2D eigenvalue weighted by molar-refractivity contribution is 7.21. The first kappa shape index (κ1) is 30.2. The molecule has 44 heavy (non-hydrogen) atoms. The molecule has 1 amide bonds. The van der Waals surface area contributed by atoms with Gasteiger partial charge in [-0.3, -0.25) is 19.8 Å². The van der Waals surface area contributed by atoms with Gasteiger partial charge in [0.2, 0.25) is 0 Å². The predicted octanol–water partition coefficient (Wildman–Crippen LogP) is 6.97. The molecular weight excluding hydrogens is 639 g/mol. The maximum absolute atomic E-state index is 13.4. The summed E-state index contributed by atoms with van der Waals surface area (Å²) in [6, 6.07) is 4.74. The topological polar surface area (TPSA) is 102 Å². The van der Waals surface area contributed by atoms with Crippen molar-refractivity contribution < 1.29 is 14.7 Å². The fraction of sp³-hybridized carbons (Fsp3) is 0.548. The van der Waals surface area contributed by atoms with E-state index >= 15 is 0 Å². The molecule has 2 atom stereocenters. The molecule has 7 rings (SSSR count). The van der Waals surface area contributed by atoms with Crippen molar-refractivity contribution in [1.82, 2.24) is 14.9 Å². The number of thiophene rings is 1. The van der Waals surface area contributed by atoms with Crippen LogP contribution in [-0.4, -0.2) is 76.7 Å². The third-order valence-corrected chi connectivity index (χ3v) is 12.4. The number of fused-ring (bicyclic) bond motifs is 1. The van der Waals surface area contributed by atoms with Crippen LogP contribution in [0.2, 0.25) is 10.0 Å². The lowest BCUT2D eigenvalue weighted by molar-refractivity contribution is -0.142. The summed E-state index contributed by atoms with van der Waals surface area (Å²) >= 11 is 16.0. The van der Waals surface area contributed by atoms with Gasteiger partial charge in [-0.15, -0.1) is 11.3 Å². The number of aliphatic carboxylic acids is 1. The van der Waals surface area contributed by atoms with E-state index in [-0.39, 0.29) is 11.8 Å². The number of carboxylic acids is 1. The third kappa shape index (κ3) is 6.06. The van der Waals surface area contributed by atoms with Crippen LogP contribution < -0.4 is 15.1 Å². The first-order chi connectivity index (χ1) is 21.3. The third-order valence-electron chi connectivity index (χ3n) is 9.79. The lowest BCUT2D eigenvalue weighted by Crippen LogP contribution is -2.39. The Balaban J connectivity index is 1.09. The Morgan fingerprint density at radius 1 is 1.00 bits per heavy atom. The second kappa shape index (κ2) is 12.7. The van der Waals surface area contributed by atoms with Crippen LogP contribution >= 0.6 is 45.9 Å². The standard InChI is InChI=1S/C31H36Cl2N6O3S2/c32-21-13-25(43-17-21)26-29(39-11-8-19-15-38(16-24(19)39)22-4-2-1-3-5-22)44-31(35-26)36-28(40)20-12-23(33)27(34-14-20)37-9-6-18(7-10-37)30(41)42/h12-14,17-19,22,24H,1-11,15-16H2,(H,41,42)(H,35,36,40). The van der Waals surface area contributed by atoms with Crippen LogP contribution in [0.4, 0.5) is 16.0 Å². The molecule has 4 fully saturated rings. The fourth-order valence-electron chi connectivity index (χ4n) is 7.44. The molecule has 1 aliphatic carbocycles. The number of hydrogen-bond acceptors (Lipinski definition) is 9. The van der Waals surface area contributed by atoms with E-state index in [0.717, 1.165) is 28.7 Å². The Hall–Kier alpha value is -2.44. The summed E-state index contributed by atoms with van der Waals surface area (Å²) in [5.41, 5.74) is 1.21. The average molecular weight is 676 g/mol. The number of carbonyl (C=O) groups is 2. The van der Waals surface area contributed by atoms with Gasteiger partial charge in [0.25, 0.3) is 5.91 Å². The largest absolute Gasteiger partial charge is 0.481 e. The van der Waals surface area contributed by atoms with Crippen molar-refractivity contribution in [2.75, 3.05) is 47.8 Å². The van der Waals surface area contributed by atoms with E-state index in [9.17, 15) is 14.7 Å². The van der Waals surface area contributed by atoms with E-state index in [1.54, 1.807) is 17.4 Å². The zero-order chi connectivity index (χ0) is 30.4. The molecule has 3 aromatic heterocycles. The van der Waals surface area contributed by atoms with Gasteiger partial charge in [0.1, 0.15) is 16.5 Å². The van der Waals surface area contributed by atoms with Crippen LogP contribution in [0.15, 0.2) is 23.7 Å². The fourth-order valence-corrected chi connectivity index (χ4v) is 9.92. The number of carbonyl (C=O) groups excluding carboxylic acids is 1. The molecule has 3 aromatic rings. The minimum atomic E-state index is -0.763. The molecule has 0 radical (unpaired) electrons. The lowest BCUT2D eigenvalue weighted by atomic mass is 9.94. The zero-order valence-electron chi connectivity index (χ0n) is 24.4. The summed E-state index contributed by atoms with van der Waals surface area (Å²) in [5, 5.41) is 16.9. The lowest BCUT2D eigenvalue weighted by Gasteiger charge is -2.33. The molecule has 0 bridgehead atoms. The quantitative estimate of drug-likeness (QED) is 0.277. The van der Waals surface area contributed by atoms with Gasteiger partial charge in [-0.2, -0.15) is 0 Å². The highest BCUT2D eigenvalue weighted by atomic mass is 35.5. The van der Waals surface area contributed by atoms with Gasteiger partial charge in [0.05, 0.1) is 26.4 Å². The number of piperidine rings is 1. The average Bonchev–Trinajstić information content (AvgIpc) is 3.82. The molecule has 0 spiro atoms. The molecule has 6 heterocycles. The summed E-state index contributed by atoms with van der Waals surface area (Å²) in [6.45, 7) is 4.37. The monoisotopic (exact) mass is 674 g/mol. The van der Waals surface area contributed by atoms with Crippen molar-refractivity contribution in [1.29, 1.82) is 0 Å². The highest BCUT2D eigenvalue weighted by Crippen LogP contribution is 2.47. The van der Waals surface area contributed by atoms with Gasteiger partial charge < -0.3 is 14.9 Å². The Kier molecular flexibility index (Phi) is 8.76. The van der Waals surface area contributed by atoms with E-state index in [1.807, 2.05) is 16.3 Å². The number of aromatic nitrogens is 2. The van der Waals surface area contributed by atoms with Crippen LogP contribution in [0.1, 0.15) is 61.7 Å². The Bertz CT molecular complexity index is 1530. The summed E-state index contributed by atoms with van der Waals surface area (Å²) in [5.74, 6) is -0.207. The van der Waals surface area contributed by atoms with Crippen LogP contribution in [0.25, 0.3) is 10.6 Å². The van der Waals surface area contributed by atoms with Gasteiger partial charge in [0, 0.05) is 56.4 Å². The summed E-state index contributed by atoms with van der Waals surface area (Å²) in [7, 11) is 0. The predicted molar refractivity (Wildman–Crippen MR) is 178 cm³/mol. The number of pyridine rings is 1. The summed E-state index contributed by atoms with van der Waals surface area (Å²) in [4.78, 5) is 42.4. The number of likely N-dealkylation sites (tertiary alicyclic amines) is 1. The highest BCUT2D eigenvalue weighted by Gasteiger charge is 2.44. The number of thiazole rings is 1. The first-order valence-corrected chi connectivity index (χ1v) is 18.0. The molecule has 2 unspecified atom stereocenters. The Morgan fingerprint density at radius 3 is 2.50 bits per heavy atom. The van der Waals surface area contributed by atoms with E-state index in [0.29, 0.717) is 70.5 Å². The molecule has 1 saturated carbocycles. The molecular formula is C31H36Cl2N6O3S2. The van der Waals surface area contributed by atoms with Gasteiger partial charge in [-0.05, 0) is 50.2 Å². The van der Waals surface area contributed by atoms with Crippen LogP contribution in [0.3, 0.4) is 0 Å². The van der Waals surface area contributed by atoms with E-state index < -0.39 is 5.97 Å². The number of nitrogens with one attached hydrogen (secondary N) is 1. The van der Waals surface area contributed by atoms with Crippen molar-refractivity contribution in [2.24, 2.45) is 11.8 Å². The number of halogens is 2. The number of amides is 1. The number of carboxylic acid groups (broad SMARTS) is 1. The number of anilines is 3. The SMILES string of the molecule is O=C(Nc1nc(-c2cc(Cl)cs2)c(N2CCC3CN(C4CCCCC4)CC32)s1)c1cnc(N2CCC(C(=O)O)CC2)c(Cl)c1. The zero-order valence-corrected chi connectivity index (χ0v) is 27.5.